The van der Waals surface area contributed by atoms with Gasteiger partial charge >= 0.3 is 6.03 Å². The van der Waals surface area contributed by atoms with Gasteiger partial charge in [-0.15, -0.1) is 0 Å². The van der Waals surface area contributed by atoms with Crippen LogP contribution < -0.4 is 0 Å². The van der Waals surface area contributed by atoms with Gasteiger partial charge in [0.1, 0.15) is 0 Å². The van der Waals surface area contributed by atoms with Crippen LogP contribution in [0.25, 0.3) is 0 Å². The third-order valence-electron chi connectivity index (χ3n) is 3.85. The van der Waals surface area contributed by atoms with Crippen LogP contribution in [0.4, 0.5) is 4.79 Å². The van der Waals surface area contributed by atoms with Crippen molar-refractivity contribution in [3.05, 3.63) is 0 Å². The van der Waals surface area contributed by atoms with Crippen molar-refractivity contribution < 1.29 is 4.79 Å². The van der Waals surface area contributed by atoms with E-state index in [1.807, 2.05) is 4.90 Å². The van der Waals surface area contributed by atoms with Gasteiger partial charge in [0.05, 0.1) is 0 Å². The largest absolute Gasteiger partial charge is 0.325 e. The van der Waals surface area contributed by atoms with Crippen LogP contribution in [0.5, 0.6) is 0 Å². The molecule has 15 heavy (non-hydrogen) atoms. The molecule has 0 aliphatic carbocycles. The minimum atomic E-state index is 0.296. The first-order chi connectivity index (χ1) is 7.24. The molecule has 0 spiro atoms. The van der Waals surface area contributed by atoms with Crippen LogP contribution >= 0.6 is 0 Å². The van der Waals surface area contributed by atoms with Gasteiger partial charge in [-0.05, 0) is 39.0 Å². The molecule has 2 unspecified atom stereocenters. The zero-order valence-electron chi connectivity index (χ0n) is 9.91. The summed E-state index contributed by atoms with van der Waals surface area (Å²) < 4.78 is 0. The van der Waals surface area contributed by atoms with E-state index in [1.165, 1.54) is 25.7 Å². The Morgan fingerprint density at radius 3 is 2.53 bits per heavy atom. The fourth-order valence-electron chi connectivity index (χ4n) is 2.89. The molecule has 2 saturated heterocycles. The van der Waals surface area contributed by atoms with Crippen molar-refractivity contribution in [1.29, 1.82) is 0 Å². The van der Waals surface area contributed by atoms with Crippen LogP contribution in [0.1, 0.15) is 46.0 Å². The normalized spacial score (nSPS) is 31.3. The molecule has 86 valence electrons. The SMILES string of the molecule is CCC1CCC(C)N1C(=O)N1CCCC1. The summed E-state index contributed by atoms with van der Waals surface area (Å²) in [6.07, 6.45) is 5.84. The highest BCUT2D eigenvalue weighted by molar-refractivity contribution is 5.75. The highest BCUT2D eigenvalue weighted by atomic mass is 16.2. The van der Waals surface area contributed by atoms with E-state index in [4.69, 9.17) is 0 Å². The first kappa shape index (κ1) is 10.8. The van der Waals surface area contributed by atoms with Crippen molar-refractivity contribution in [2.75, 3.05) is 13.1 Å². The molecule has 2 aliphatic heterocycles. The average molecular weight is 210 g/mol. The van der Waals surface area contributed by atoms with Crippen molar-refractivity contribution in [3.8, 4) is 0 Å². The predicted molar refractivity (Wildman–Crippen MR) is 60.8 cm³/mol. The first-order valence-corrected chi connectivity index (χ1v) is 6.31. The van der Waals surface area contributed by atoms with Crippen LogP contribution in [-0.2, 0) is 0 Å². The van der Waals surface area contributed by atoms with Gasteiger partial charge in [0.25, 0.3) is 0 Å². The maximum Gasteiger partial charge on any atom is 0.320 e. The third-order valence-corrected chi connectivity index (χ3v) is 3.85. The van der Waals surface area contributed by atoms with Gasteiger partial charge in [-0.1, -0.05) is 6.92 Å². The van der Waals surface area contributed by atoms with Gasteiger partial charge in [0, 0.05) is 25.2 Å². The second-order valence-electron chi connectivity index (χ2n) is 4.87. The molecule has 0 saturated carbocycles. The van der Waals surface area contributed by atoms with Crippen LogP contribution in [-0.4, -0.2) is 41.0 Å². The Labute approximate surface area is 92.4 Å². The summed E-state index contributed by atoms with van der Waals surface area (Å²) in [5.74, 6) is 0. The maximum atomic E-state index is 12.3. The van der Waals surface area contributed by atoms with E-state index in [-0.39, 0.29) is 0 Å². The lowest BCUT2D eigenvalue weighted by molar-refractivity contribution is 0.141. The van der Waals surface area contributed by atoms with E-state index in [1.54, 1.807) is 0 Å². The second kappa shape index (κ2) is 4.42. The summed E-state index contributed by atoms with van der Waals surface area (Å²) in [7, 11) is 0. The van der Waals surface area contributed by atoms with Crippen molar-refractivity contribution in [2.45, 2.75) is 58.0 Å². The lowest BCUT2D eigenvalue weighted by Gasteiger charge is -2.32. The van der Waals surface area contributed by atoms with E-state index in [0.29, 0.717) is 18.1 Å². The monoisotopic (exact) mass is 210 g/mol. The van der Waals surface area contributed by atoms with E-state index >= 15 is 0 Å². The Balaban J connectivity index is 2.03. The van der Waals surface area contributed by atoms with Crippen molar-refractivity contribution in [1.82, 2.24) is 9.80 Å². The molecule has 2 amide bonds. The van der Waals surface area contributed by atoms with Crippen molar-refractivity contribution >= 4 is 6.03 Å². The van der Waals surface area contributed by atoms with Gasteiger partial charge < -0.3 is 9.80 Å². The molecule has 0 bridgehead atoms. The molecule has 0 aromatic heterocycles. The topological polar surface area (TPSA) is 23.6 Å². The smallest absolute Gasteiger partial charge is 0.320 e. The Morgan fingerprint density at radius 2 is 1.93 bits per heavy atom. The number of likely N-dealkylation sites (tertiary alicyclic amines) is 2. The van der Waals surface area contributed by atoms with Gasteiger partial charge in [-0.3, -0.25) is 0 Å². The van der Waals surface area contributed by atoms with Crippen LogP contribution in [0.2, 0.25) is 0 Å². The molecule has 0 aromatic carbocycles. The molecular formula is C12H22N2O. The zero-order valence-corrected chi connectivity index (χ0v) is 9.91. The highest BCUT2D eigenvalue weighted by Crippen LogP contribution is 2.28. The molecule has 3 nitrogen and oxygen atoms in total. The van der Waals surface area contributed by atoms with Gasteiger partial charge in [0.15, 0.2) is 0 Å². The second-order valence-corrected chi connectivity index (χ2v) is 4.87. The quantitative estimate of drug-likeness (QED) is 0.652. The fourth-order valence-corrected chi connectivity index (χ4v) is 2.89. The number of urea groups is 1. The molecule has 0 radical (unpaired) electrons. The number of hydrogen-bond acceptors (Lipinski definition) is 1. The number of carbonyl (C=O) groups excluding carboxylic acids is 1. The zero-order chi connectivity index (χ0) is 10.8. The fraction of sp³-hybridized carbons (Fsp3) is 0.917. The van der Waals surface area contributed by atoms with E-state index in [0.717, 1.165) is 19.5 Å². The standard InChI is InChI=1S/C12H22N2O/c1-3-11-7-6-10(2)14(11)12(15)13-8-4-5-9-13/h10-11H,3-9H2,1-2H3. The minimum Gasteiger partial charge on any atom is -0.325 e. The number of hydrogen-bond donors (Lipinski definition) is 0. The molecule has 0 N–H and O–H groups in total. The summed E-state index contributed by atoms with van der Waals surface area (Å²) >= 11 is 0. The first-order valence-electron chi connectivity index (χ1n) is 6.31. The van der Waals surface area contributed by atoms with E-state index in [2.05, 4.69) is 18.7 Å². The van der Waals surface area contributed by atoms with E-state index < -0.39 is 0 Å². The van der Waals surface area contributed by atoms with Crippen LogP contribution in [0.15, 0.2) is 0 Å². The van der Waals surface area contributed by atoms with Crippen molar-refractivity contribution in [3.63, 3.8) is 0 Å². The summed E-state index contributed by atoms with van der Waals surface area (Å²) in [5, 5.41) is 0. The molecule has 2 heterocycles. The molecule has 0 aromatic rings. The number of amides is 2. The lowest BCUT2D eigenvalue weighted by Crippen LogP contribution is -2.47. The van der Waals surface area contributed by atoms with Crippen LogP contribution in [0.3, 0.4) is 0 Å². The Morgan fingerprint density at radius 1 is 1.27 bits per heavy atom. The summed E-state index contributed by atoms with van der Waals surface area (Å²) in [5.41, 5.74) is 0. The van der Waals surface area contributed by atoms with Crippen molar-refractivity contribution in [2.24, 2.45) is 0 Å². The predicted octanol–water partition coefficient (Wildman–Crippen LogP) is 2.47. The number of nitrogens with zero attached hydrogens (tertiary/aromatic N) is 2. The molecule has 3 heteroatoms. The third kappa shape index (κ3) is 1.97. The Bertz CT molecular complexity index is 236. The Kier molecular flexibility index (Phi) is 3.17. The summed E-state index contributed by atoms with van der Waals surface area (Å²) in [6, 6.07) is 1.24. The summed E-state index contributed by atoms with van der Waals surface area (Å²) in [4.78, 5) is 16.4. The lowest BCUT2D eigenvalue weighted by atomic mass is 10.2. The molecule has 2 fully saturated rings. The van der Waals surface area contributed by atoms with Crippen LogP contribution in [0, 0.1) is 0 Å². The molecule has 2 atom stereocenters. The van der Waals surface area contributed by atoms with Gasteiger partial charge in [-0.2, -0.15) is 0 Å². The molecule has 2 rings (SSSR count). The summed E-state index contributed by atoms with van der Waals surface area (Å²) in [6.45, 7) is 6.31. The number of rotatable bonds is 1. The Hall–Kier alpha value is -0.730. The van der Waals surface area contributed by atoms with Gasteiger partial charge in [-0.25, -0.2) is 4.79 Å². The van der Waals surface area contributed by atoms with Gasteiger partial charge in [0.2, 0.25) is 0 Å². The maximum absolute atomic E-state index is 12.3. The van der Waals surface area contributed by atoms with E-state index in [9.17, 15) is 4.79 Å². The number of carbonyl (C=O) groups is 1. The molecule has 2 aliphatic rings. The average Bonchev–Trinajstić information content (AvgIpc) is 2.85. The highest BCUT2D eigenvalue weighted by Gasteiger charge is 2.36. The molecular weight excluding hydrogens is 188 g/mol. The minimum absolute atomic E-state index is 0.296.